The Morgan fingerprint density at radius 2 is 1.87 bits per heavy atom. The predicted octanol–water partition coefficient (Wildman–Crippen LogP) is 5.53. The molecule has 1 aromatic heterocycles. The largest absolute Gasteiger partial charge is 0.486 e. The minimum absolute atomic E-state index is 0.0824. The Hall–Kier alpha value is -2.90. The van der Waals surface area contributed by atoms with Crippen molar-refractivity contribution in [1.82, 2.24) is 4.98 Å². The fourth-order valence-electron chi connectivity index (χ4n) is 2.46. The van der Waals surface area contributed by atoms with Gasteiger partial charge in [0, 0.05) is 27.7 Å². The van der Waals surface area contributed by atoms with Crippen molar-refractivity contribution in [3.8, 4) is 5.75 Å². The lowest BCUT2D eigenvalue weighted by Crippen LogP contribution is -2.18. The highest BCUT2D eigenvalue weighted by atomic mass is 35.5. The van der Waals surface area contributed by atoms with Gasteiger partial charge in [0.15, 0.2) is 0 Å². The SMILES string of the molecule is Cc1ccc(NC(=O)C(C)C)cc1NC(=O)c1csc(COc2ccc(Cl)cc2)n1. The zero-order chi connectivity index (χ0) is 21.7. The van der Waals surface area contributed by atoms with Gasteiger partial charge < -0.3 is 15.4 Å². The van der Waals surface area contributed by atoms with Crippen LogP contribution in [0.5, 0.6) is 5.75 Å². The van der Waals surface area contributed by atoms with Crippen LogP contribution >= 0.6 is 22.9 Å². The highest BCUT2D eigenvalue weighted by molar-refractivity contribution is 7.09. The number of aryl methyl sites for hydroxylation is 1. The minimum atomic E-state index is -0.320. The number of nitrogens with one attached hydrogen (secondary N) is 2. The predicted molar refractivity (Wildman–Crippen MR) is 120 cm³/mol. The van der Waals surface area contributed by atoms with Crippen LogP contribution in [0.25, 0.3) is 0 Å². The van der Waals surface area contributed by atoms with Gasteiger partial charge in [-0.3, -0.25) is 9.59 Å². The van der Waals surface area contributed by atoms with Crippen LogP contribution in [0.4, 0.5) is 11.4 Å². The summed E-state index contributed by atoms with van der Waals surface area (Å²) in [5, 5.41) is 8.71. The first-order chi connectivity index (χ1) is 14.3. The van der Waals surface area contributed by atoms with Crippen molar-refractivity contribution in [2.45, 2.75) is 27.4 Å². The number of halogens is 1. The van der Waals surface area contributed by atoms with Crippen molar-refractivity contribution in [3.63, 3.8) is 0 Å². The monoisotopic (exact) mass is 443 g/mol. The average Bonchev–Trinajstić information content (AvgIpc) is 3.19. The second-order valence-corrected chi connectivity index (χ2v) is 8.38. The fourth-order valence-corrected chi connectivity index (χ4v) is 3.28. The molecule has 1 heterocycles. The molecule has 0 spiro atoms. The Bertz CT molecular complexity index is 1050. The number of hydrogen-bond acceptors (Lipinski definition) is 5. The average molecular weight is 444 g/mol. The van der Waals surface area contributed by atoms with Gasteiger partial charge in [-0.25, -0.2) is 4.98 Å². The lowest BCUT2D eigenvalue weighted by molar-refractivity contribution is -0.118. The van der Waals surface area contributed by atoms with Crippen LogP contribution in [-0.4, -0.2) is 16.8 Å². The van der Waals surface area contributed by atoms with Crippen molar-refractivity contribution in [1.29, 1.82) is 0 Å². The molecular formula is C22H22ClN3O3S. The Morgan fingerprint density at radius 3 is 2.57 bits per heavy atom. The molecule has 3 rings (SSSR count). The molecule has 0 fully saturated rings. The summed E-state index contributed by atoms with van der Waals surface area (Å²) in [6, 6.07) is 12.4. The molecule has 0 saturated carbocycles. The third-order valence-corrected chi connectivity index (χ3v) is 5.31. The molecule has 156 valence electrons. The smallest absolute Gasteiger partial charge is 0.275 e. The van der Waals surface area contributed by atoms with Crippen LogP contribution in [-0.2, 0) is 11.4 Å². The number of thiazole rings is 1. The van der Waals surface area contributed by atoms with Gasteiger partial charge in [-0.15, -0.1) is 11.3 Å². The maximum atomic E-state index is 12.6. The second-order valence-electron chi connectivity index (χ2n) is 7.00. The zero-order valence-corrected chi connectivity index (χ0v) is 18.4. The van der Waals surface area contributed by atoms with Crippen LogP contribution in [0.3, 0.4) is 0 Å². The van der Waals surface area contributed by atoms with Gasteiger partial charge in [-0.2, -0.15) is 0 Å². The molecule has 0 bridgehead atoms. The highest BCUT2D eigenvalue weighted by Crippen LogP contribution is 2.23. The fraction of sp³-hybridized carbons (Fsp3) is 0.227. The van der Waals surface area contributed by atoms with Gasteiger partial charge in [-0.05, 0) is 48.9 Å². The molecule has 3 aromatic rings. The van der Waals surface area contributed by atoms with E-state index in [1.54, 1.807) is 41.8 Å². The first-order valence-electron chi connectivity index (χ1n) is 9.37. The van der Waals surface area contributed by atoms with Gasteiger partial charge >= 0.3 is 0 Å². The molecule has 2 amide bonds. The molecule has 6 nitrogen and oxygen atoms in total. The Labute approximate surface area is 184 Å². The van der Waals surface area contributed by atoms with Crippen LogP contribution in [0.2, 0.25) is 5.02 Å². The van der Waals surface area contributed by atoms with Gasteiger partial charge in [0.1, 0.15) is 23.1 Å². The molecule has 8 heteroatoms. The molecule has 2 aromatic carbocycles. The van der Waals surface area contributed by atoms with E-state index < -0.39 is 0 Å². The van der Waals surface area contributed by atoms with Crippen molar-refractivity contribution in [2.75, 3.05) is 10.6 Å². The number of nitrogens with zero attached hydrogens (tertiary/aromatic N) is 1. The zero-order valence-electron chi connectivity index (χ0n) is 16.9. The number of carbonyl (C=O) groups is 2. The summed E-state index contributed by atoms with van der Waals surface area (Å²) in [5.41, 5.74) is 2.44. The third-order valence-electron chi connectivity index (χ3n) is 4.24. The van der Waals surface area contributed by atoms with Gasteiger partial charge in [0.25, 0.3) is 5.91 Å². The number of amides is 2. The molecule has 30 heavy (non-hydrogen) atoms. The topological polar surface area (TPSA) is 80.3 Å². The number of rotatable bonds is 7. The van der Waals surface area contributed by atoms with E-state index in [4.69, 9.17) is 16.3 Å². The molecule has 0 unspecified atom stereocenters. The van der Waals surface area contributed by atoms with Gasteiger partial charge in [-0.1, -0.05) is 31.5 Å². The van der Waals surface area contributed by atoms with Crippen molar-refractivity contribution >= 4 is 46.1 Å². The summed E-state index contributed by atoms with van der Waals surface area (Å²) in [5.74, 6) is 0.143. The summed E-state index contributed by atoms with van der Waals surface area (Å²) in [6.07, 6.45) is 0. The van der Waals surface area contributed by atoms with Gasteiger partial charge in [0.2, 0.25) is 5.91 Å². The summed E-state index contributed by atoms with van der Waals surface area (Å²) in [4.78, 5) is 28.9. The van der Waals surface area contributed by atoms with Crippen LogP contribution in [0.15, 0.2) is 47.8 Å². The Morgan fingerprint density at radius 1 is 1.13 bits per heavy atom. The standard InChI is InChI=1S/C22H22ClN3O3S/c1-13(2)21(27)24-16-7-4-14(3)18(10-16)26-22(28)19-12-30-20(25-19)11-29-17-8-5-15(23)6-9-17/h4-10,12-13H,11H2,1-3H3,(H,24,27)(H,26,28). The molecule has 0 atom stereocenters. The summed E-state index contributed by atoms with van der Waals surface area (Å²) < 4.78 is 5.67. The van der Waals surface area contributed by atoms with E-state index >= 15 is 0 Å². The Kier molecular flexibility index (Phi) is 7.07. The van der Waals surface area contributed by atoms with E-state index in [2.05, 4.69) is 15.6 Å². The lowest BCUT2D eigenvalue weighted by atomic mass is 10.1. The van der Waals surface area contributed by atoms with E-state index in [1.807, 2.05) is 26.8 Å². The number of ether oxygens (including phenoxy) is 1. The highest BCUT2D eigenvalue weighted by Gasteiger charge is 2.14. The molecule has 0 aliphatic rings. The van der Waals surface area contributed by atoms with Crippen molar-refractivity contribution < 1.29 is 14.3 Å². The third kappa shape index (κ3) is 5.81. The van der Waals surface area contributed by atoms with Crippen LogP contribution in [0, 0.1) is 12.8 Å². The quantitative estimate of drug-likeness (QED) is 0.503. The van der Waals surface area contributed by atoms with E-state index in [0.29, 0.717) is 32.8 Å². The number of carbonyl (C=O) groups excluding carboxylic acids is 2. The molecule has 0 saturated heterocycles. The van der Waals surface area contributed by atoms with Crippen molar-refractivity contribution in [2.24, 2.45) is 5.92 Å². The first kappa shape index (κ1) is 21.8. The van der Waals surface area contributed by atoms with Gasteiger partial charge in [0.05, 0.1) is 0 Å². The minimum Gasteiger partial charge on any atom is -0.486 e. The number of aromatic nitrogens is 1. The molecule has 0 aliphatic heterocycles. The second kappa shape index (κ2) is 9.73. The molecular weight excluding hydrogens is 422 g/mol. The molecule has 0 radical (unpaired) electrons. The maximum Gasteiger partial charge on any atom is 0.275 e. The first-order valence-corrected chi connectivity index (χ1v) is 10.6. The summed E-state index contributed by atoms with van der Waals surface area (Å²) in [7, 11) is 0. The Balaban J connectivity index is 1.63. The van der Waals surface area contributed by atoms with E-state index in [-0.39, 0.29) is 24.3 Å². The van der Waals surface area contributed by atoms with Crippen molar-refractivity contribution in [3.05, 3.63) is 69.1 Å². The summed E-state index contributed by atoms with van der Waals surface area (Å²) >= 11 is 7.21. The number of hydrogen-bond donors (Lipinski definition) is 2. The van der Waals surface area contributed by atoms with Crippen LogP contribution in [0.1, 0.15) is 34.9 Å². The maximum absolute atomic E-state index is 12.6. The lowest BCUT2D eigenvalue weighted by Gasteiger charge is -2.12. The van der Waals surface area contributed by atoms with E-state index in [9.17, 15) is 9.59 Å². The number of anilines is 2. The summed E-state index contributed by atoms with van der Waals surface area (Å²) in [6.45, 7) is 5.79. The number of benzene rings is 2. The molecule has 2 N–H and O–H groups in total. The van der Waals surface area contributed by atoms with Crippen LogP contribution < -0.4 is 15.4 Å². The van der Waals surface area contributed by atoms with E-state index in [0.717, 1.165) is 5.56 Å². The van der Waals surface area contributed by atoms with E-state index in [1.165, 1.54) is 11.3 Å². The molecule has 0 aliphatic carbocycles. The normalized spacial score (nSPS) is 10.7.